The molecule has 0 aliphatic rings. The Kier molecular flexibility index (Phi) is 9.72. The lowest BCUT2D eigenvalue weighted by molar-refractivity contribution is -0.137. The Hall–Kier alpha value is -3.61. The quantitative estimate of drug-likeness (QED) is 0.172. The van der Waals surface area contributed by atoms with Crippen LogP contribution < -0.4 is 20.8 Å². The Morgan fingerprint density at radius 3 is 2.34 bits per heavy atom. The zero-order valence-corrected chi connectivity index (χ0v) is 22.0. The molecule has 14 heteroatoms. The van der Waals surface area contributed by atoms with Crippen LogP contribution in [0.15, 0.2) is 70.2 Å². The van der Waals surface area contributed by atoms with Crippen molar-refractivity contribution < 1.29 is 32.3 Å². The molecule has 3 aromatic rings. The highest BCUT2D eigenvalue weighted by molar-refractivity contribution is 9.10. The van der Waals surface area contributed by atoms with Crippen LogP contribution in [0.25, 0.3) is 0 Å². The van der Waals surface area contributed by atoms with Gasteiger partial charge in [-0.1, -0.05) is 45.2 Å². The van der Waals surface area contributed by atoms with Crippen LogP contribution in [0.4, 0.5) is 24.5 Å². The summed E-state index contributed by atoms with van der Waals surface area (Å²) in [5.41, 5.74) is 1.32. The number of nitrogens with zero attached hydrogens (tertiary/aromatic N) is 1. The van der Waals surface area contributed by atoms with E-state index >= 15 is 0 Å². The molecule has 3 amide bonds. The number of halogens is 6. The molecule has 3 aromatic carbocycles. The average Bonchev–Trinajstić information content (AvgIpc) is 2.86. The lowest BCUT2D eigenvalue weighted by atomic mass is 10.1. The van der Waals surface area contributed by atoms with Gasteiger partial charge in [0.1, 0.15) is 5.75 Å². The number of rotatable bonds is 7. The Morgan fingerprint density at radius 1 is 0.947 bits per heavy atom. The molecule has 8 nitrogen and oxygen atoms in total. The number of amides is 3. The fourth-order valence-electron chi connectivity index (χ4n) is 2.84. The van der Waals surface area contributed by atoms with Gasteiger partial charge in [0.05, 0.1) is 33.2 Å². The maximum Gasteiger partial charge on any atom is 0.418 e. The largest absolute Gasteiger partial charge is 0.484 e. The zero-order chi connectivity index (χ0) is 27.9. The van der Waals surface area contributed by atoms with E-state index in [0.29, 0.717) is 5.56 Å². The van der Waals surface area contributed by atoms with E-state index in [1.807, 2.05) is 0 Å². The Morgan fingerprint density at radius 2 is 1.66 bits per heavy atom. The molecule has 0 saturated heterocycles. The van der Waals surface area contributed by atoms with Crippen molar-refractivity contribution in [1.82, 2.24) is 5.43 Å². The summed E-state index contributed by atoms with van der Waals surface area (Å²) in [6.45, 7) is -0.539. The normalized spacial score (nSPS) is 11.2. The van der Waals surface area contributed by atoms with Crippen molar-refractivity contribution in [3.63, 3.8) is 0 Å². The highest BCUT2D eigenvalue weighted by Gasteiger charge is 2.34. The summed E-state index contributed by atoms with van der Waals surface area (Å²) in [5, 5.41) is 8.46. The predicted molar refractivity (Wildman–Crippen MR) is 141 cm³/mol. The van der Waals surface area contributed by atoms with Crippen LogP contribution in [0.3, 0.4) is 0 Å². The molecule has 0 aliphatic heterocycles. The zero-order valence-electron chi connectivity index (χ0n) is 18.9. The van der Waals surface area contributed by atoms with E-state index in [1.54, 1.807) is 6.07 Å². The lowest BCUT2D eigenvalue weighted by Gasteiger charge is -2.14. The smallest absolute Gasteiger partial charge is 0.418 e. The van der Waals surface area contributed by atoms with E-state index in [0.717, 1.165) is 12.1 Å². The molecule has 0 fully saturated rings. The molecule has 198 valence electrons. The maximum absolute atomic E-state index is 13.2. The third-order valence-corrected chi connectivity index (χ3v) is 5.91. The van der Waals surface area contributed by atoms with Crippen molar-refractivity contribution in [1.29, 1.82) is 0 Å². The first-order valence-electron chi connectivity index (χ1n) is 10.4. The number of hydrazone groups is 1. The molecular formula is C24H16BrCl2F3N4O4. The molecular weight excluding hydrogens is 616 g/mol. The van der Waals surface area contributed by atoms with Crippen molar-refractivity contribution in [2.24, 2.45) is 5.10 Å². The number of hydrogen-bond acceptors (Lipinski definition) is 5. The van der Waals surface area contributed by atoms with Crippen molar-refractivity contribution in [3.8, 4) is 5.75 Å². The van der Waals surface area contributed by atoms with E-state index < -0.39 is 41.8 Å². The second-order valence-electron chi connectivity index (χ2n) is 7.35. The minimum atomic E-state index is -4.65. The summed E-state index contributed by atoms with van der Waals surface area (Å²) < 4.78 is 45.1. The molecule has 0 atom stereocenters. The third kappa shape index (κ3) is 8.20. The van der Waals surface area contributed by atoms with Gasteiger partial charge in [-0.2, -0.15) is 18.3 Å². The third-order valence-electron chi connectivity index (χ3n) is 4.60. The van der Waals surface area contributed by atoms with E-state index in [-0.39, 0.29) is 26.0 Å². The van der Waals surface area contributed by atoms with E-state index in [2.05, 4.69) is 37.1 Å². The summed E-state index contributed by atoms with van der Waals surface area (Å²) in [6.07, 6.45) is -3.40. The molecule has 3 rings (SSSR count). The SMILES string of the molecule is O=C(COc1ccc(/C=N\NC(=O)C(=O)Nc2cccc(Cl)c2Cl)cc1)Nc1ccc(Br)cc1C(F)(F)F. The van der Waals surface area contributed by atoms with Gasteiger partial charge >= 0.3 is 18.0 Å². The summed E-state index contributed by atoms with van der Waals surface area (Å²) in [5.74, 6) is -2.60. The first-order valence-corrected chi connectivity index (χ1v) is 12.0. The summed E-state index contributed by atoms with van der Waals surface area (Å²) in [4.78, 5) is 36.0. The maximum atomic E-state index is 13.2. The highest BCUT2D eigenvalue weighted by atomic mass is 79.9. The van der Waals surface area contributed by atoms with Gasteiger partial charge in [-0.3, -0.25) is 14.4 Å². The first kappa shape index (κ1) is 29.0. The summed E-state index contributed by atoms with van der Waals surface area (Å²) in [7, 11) is 0. The van der Waals surface area contributed by atoms with Crippen LogP contribution in [0, 0.1) is 0 Å². The van der Waals surface area contributed by atoms with Gasteiger partial charge in [-0.25, -0.2) is 5.43 Å². The molecule has 0 heterocycles. The summed E-state index contributed by atoms with van der Waals surface area (Å²) >= 11 is 14.8. The molecule has 3 N–H and O–H groups in total. The van der Waals surface area contributed by atoms with Crippen molar-refractivity contribution in [2.45, 2.75) is 6.18 Å². The molecule has 0 spiro atoms. The molecule has 0 aliphatic carbocycles. The molecule has 38 heavy (non-hydrogen) atoms. The van der Waals surface area contributed by atoms with Gasteiger partial charge in [0.25, 0.3) is 5.91 Å². The van der Waals surface area contributed by atoms with E-state index in [9.17, 15) is 27.6 Å². The van der Waals surface area contributed by atoms with Crippen LogP contribution in [-0.2, 0) is 20.6 Å². The fourth-order valence-corrected chi connectivity index (χ4v) is 3.55. The van der Waals surface area contributed by atoms with Gasteiger partial charge in [-0.15, -0.1) is 0 Å². The number of benzene rings is 3. The lowest BCUT2D eigenvalue weighted by Crippen LogP contribution is -2.32. The number of ether oxygens (including phenoxy) is 1. The predicted octanol–water partition coefficient (Wildman–Crippen LogP) is 5.88. The molecule has 0 radical (unpaired) electrons. The Balaban J connectivity index is 1.49. The minimum Gasteiger partial charge on any atom is -0.484 e. The van der Waals surface area contributed by atoms with Crippen LogP contribution in [-0.4, -0.2) is 30.5 Å². The van der Waals surface area contributed by atoms with Gasteiger partial charge in [0.2, 0.25) is 0 Å². The van der Waals surface area contributed by atoms with Crippen LogP contribution >= 0.6 is 39.1 Å². The van der Waals surface area contributed by atoms with Gasteiger partial charge in [0, 0.05) is 4.47 Å². The van der Waals surface area contributed by atoms with E-state index in [1.165, 1.54) is 48.7 Å². The van der Waals surface area contributed by atoms with Gasteiger partial charge in [0.15, 0.2) is 6.61 Å². The molecule has 0 aromatic heterocycles. The van der Waals surface area contributed by atoms with Gasteiger partial charge in [-0.05, 0) is 60.2 Å². The van der Waals surface area contributed by atoms with Crippen molar-refractivity contribution >= 4 is 74.4 Å². The highest BCUT2D eigenvalue weighted by Crippen LogP contribution is 2.36. The standard InChI is InChI=1S/C24H16BrCl2F3N4O4/c25-14-6-9-18(16(10-14)24(28,29)30)32-20(35)12-38-15-7-4-13(5-8-15)11-31-34-23(37)22(36)33-19-3-1-2-17(26)21(19)27/h1-11H,12H2,(H,32,35)(H,33,36)(H,34,37)/b31-11-. The van der Waals surface area contributed by atoms with E-state index in [4.69, 9.17) is 27.9 Å². The molecule has 0 unspecified atom stereocenters. The monoisotopic (exact) mass is 630 g/mol. The second-order valence-corrected chi connectivity index (χ2v) is 9.05. The Bertz CT molecular complexity index is 1390. The van der Waals surface area contributed by atoms with Crippen LogP contribution in [0.5, 0.6) is 5.75 Å². The van der Waals surface area contributed by atoms with Gasteiger partial charge < -0.3 is 15.4 Å². The summed E-state index contributed by atoms with van der Waals surface area (Å²) in [6, 6.07) is 13.9. The fraction of sp³-hybridized carbons (Fsp3) is 0.0833. The number of carbonyl (C=O) groups is 3. The number of alkyl halides is 3. The van der Waals surface area contributed by atoms with Crippen molar-refractivity contribution in [3.05, 3.63) is 86.3 Å². The Labute approximate surface area is 232 Å². The first-order chi connectivity index (χ1) is 17.9. The number of carbonyl (C=O) groups excluding carboxylic acids is 3. The topological polar surface area (TPSA) is 109 Å². The number of anilines is 2. The van der Waals surface area contributed by atoms with Crippen LogP contribution in [0.2, 0.25) is 10.0 Å². The minimum absolute atomic E-state index is 0.0815. The number of nitrogens with one attached hydrogen (secondary N) is 3. The second kappa shape index (κ2) is 12.8. The molecule has 0 bridgehead atoms. The van der Waals surface area contributed by atoms with Crippen LogP contribution in [0.1, 0.15) is 11.1 Å². The molecule has 0 saturated carbocycles. The average molecular weight is 632 g/mol. The van der Waals surface area contributed by atoms with Crippen molar-refractivity contribution in [2.75, 3.05) is 17.2 Å². The number of hydrogen-bond donors (Lipinski definition) is 3.